The van der Waals surface area contributed by atoms with Crippen molar-refractivity contribution in [1.29, 1.82) is 0 Å². The van der Waals surface area contributed by atoms with Gasteiger partial charge >= 0.3 is 51.4 Å². The van der Waals surface area contributed by atoms with E-state index in [1.54, 1.807) is 0 Å². The first-order chi connectivity index (χ1) is 0. The second-order valence-corrected chi connectivity index (χ2v) is 0. The Morgan fingerprint density at radius 1 is 0.222 bits per heavy atom. The van der Waals surface area contributed by atoms with E-state index < -0.39 is 0 Å². The third kappa shape index (κ3) is 50.3. The molecule has 0 rings (SSSR count). The Labute approximate surface area is 235 Å². The Bertz CT molecular complexity index is 4.53. The molecule has 0 radical (unpaired) electrons. The molecule has 0 N–H and O–H groups in total. The van der Waals surface area contributed by atoms with Crippen molar-refractivity contribution in [3.8, 4) is 0 Å². The zero-order valence-electron chi connectivity index (χ0n) is 3.27. The summed E-state index contributed by atoms with van der Waals surface area (Å²) in [7, 11) is 0. The number of hydrogen-bond acceptors (Lipinski definition) is 0. The molecule has 0 aromatic heterocycles. The van der Waals surface area contributed by atoms with Crippen molar-refractivity contribution < 1.29 is 0 Å². The van der Waals surface area contributed by atoms with Gasteiger partial charge in [-0.15, -0.1) is 192 Å². The van der Waals surface area contributed by atoms with Gasteiger partial charge in [0.15, 0.2) is 0 Å². The van der Waals surface area contributed by atoms with Crippen LogP contribution in [0.3, 0.4) is 0 Å². The summed E-state index contributed by atoms with van der Waals surface area (Å²) in [5, 5.41) is 0. The van der Waals surface area contributed by atoms with Crippen molar-refractivity contribution >= 4 is 243 Å². The zero-order valence-corrected chi connectivity index (χ0v) is 21.9. The third-order valence-corrected chi connectivity index (χ3v) is 0. The second-order valence-electron chi connectivity index (χ2n) is 0. The average Bonchev–Trinajstić information content (AvgIpc) is 0. The fourth-order valence-electron chi connectivity index (χ4n) is 0. The Balaban J connectivity index is 0. The van der Waals surface area contributed by atoms with Crippen LogP contribution in [0.15, 0.2) is 0 Å². The summed E-state index contributed by atoms with van der Waals surface area (Å²) < 4.78 is 0. The van der Waals surface area contributed by atoms with Crippen molar-refractivity contribution in [2.45, 2.75) is 0 Å². The van der Waals surface area contributed by atoms with E-state index in [4.69, 9.17) is 0 Å². The van der Waals surface area contributed by atoms with E-state index in [1.807, 2.05) is 0 Å². The topological polar surface area (TPSA) is 0 Å². The van der Waals surface area contributed by atoms with E-state index in [0.29, 0.717) is 0 Å². The van der Waals surface area contributed by atoms with Gasteiger partial charge in [-0.05, 0) is 0 Å². The summed E-state index contributed by atoms with van der Waals surface area (Å²) in [5.74, 6) is 0. The molecule has 0 bridgehead atoms. The van der Waals surface area contributed by atoms with Crippen LogP contribution in [0.5, 0.6) is 0 Å². The van der Waals surface area contributed by atoms with Crippen molar-refractivity contribution in [3.05, 3.63) is 0 Å². The van der Waals surface area contributed by atoms with Crippen molar-refractivity contribution in [2.24, 2.45) is 0 Å². The summed E-state index contributed by atoms with van der Waals surface area (Å²) in [4.78, 5) is 0. The molecule has 0 nitrogen and oxygen atoms in total. The fraction of sp³-hybridized carbons (Fsp3) is 0. The van der Waals surface area contributed by atoms with E-state index in [0.717, 1.165) is 0 Å². The van der Waals surface area contributed by atoms with Gasteiger partial charge in [-0.1, -0.05) is 0 Å². The number of rotatable bonds is 0. The molecule has 0 saturated heterocycles. The van der Waals surface area contributed by atoms with Gasteiger partial charge in [0.1, 0.15) is 0 Å². The molecule has 66 valence electrons. The molecule has 0 atom stereocenters. The molecule has 0 aromatic rings. The molecule has 0 unspecified atom stereocenters. The van der Waals surface area contributed by atoms with E-state index in [2.05, 4.69) is 0 Å². The zero-order chi connectivity index (χ0) is 0. The maximum atomic E-state index is 0. The molecule has 9 heavy (non-hydrogen) atoms. The van der Waals surface area contributed by atoms with Crippen molar-refractivity contribution in [1.82, 2.24) is 0 Å². The molecule has 0 spiro atoms. The van der Waals surface area contributed by atoms with E-state index in [-0.39, 0.29) is 243 Å². The molecule has 0 aromatic carbocycles. The van der Waals surface area contributed by atoms with Gasteiger partial charge in [0, 0.05) is 0 Å². The van der Waals surface area contributed by atoms with Gasteiger partial charge in [0.25, 0.3) is 0 Å². The Morgan fingerprint density at radius 3 is 0.222 bits per heavy atom. The Morgan fingerprint density at radius 2 is 0.222 bits per heavy atom. The molecule has 0 amide bonds. The molecule has 0 aliphatic heterocycles. The quantitative estimate of drug-likeness (QED) is 0.251. The van der Waals surface area contributed by atoms with Crippen LogP contribution in [0, 0.1) is 0 Å². The SMILES string of the molecule is I.I.I.I.I.I.I.I.[KH]. The summed E-state index contributed by atoms with van der Waals surface area (Å²) in [6, 6.07) is 0. The van der Waals surface area contributed by atoms with Crippen LogP contribution in [0.1, 0.15) is 0 Å². The fourth-order valence-corrected chi connectivity index (χ4v) is 0. The Kier molecular flexibility index (Phi) is 455. The molecule has 0 aliphatic carbocycles. The second kappa shape index (κ2) is 58.0. The predicted octanol–water partition coefficient (Wildman–Crippen LogP) is 4.30. The minimum absolute atomic E-state index is 0. The summed E-state index contributed by atoms with van der Waals surface area (Å²) >= 11 is 0. The van der Waals surface area contributed by atoms with Crippen LogP contribution >= 0.6 is 192 Å². The van der Waals surface area contributed by atoms with Crippen LogP contribution in [-0.2, 0) is 0 Å². The molecular formula is H9I8K. The average molecular weight is 1060 g/mol. The third-order valence-electron chi connectivity index (χ3n) is 0. The summed E-state index contributed by atoms with van der Waals surface area (Å²) in [6.07, 6.45) is 0. The van der Waals surface area contributed by atoms with Crippen LogP contribution in [-0.4, -0.2) is 51.4 Å². The normalized spacial score (nSPS) is 0. The van der Waals surface area contributed by atoms with Crippen LogP contribution in [0.4, 0.5) is 0 Å². The van der Waals surface area contributed by atoms with Crippen molar-refractivity contribution in [2.75, 3.05) is 0 Å². The van der Waals surface area contributed by atoms with E-state index in [1.165, 1.54) is 0 Å². The monoisotopic (exact) mass is 1060 g/mol. The number of halogens is 8. The van der Waals surface area contributed by atoms with Gasteiger partial charge in [-0.3, -0.25) is 0 Å². The van der Waals surface area contributed by atoms with Gasteiger partial charge in [0.05, 0.1) is 0 Å². The first-order valence-corrected chi connectivity index (χ1v) is 0. The maximum absolute atomic E-state index is 0. The summed E-state index contributed by atoms with van der Waals surface area (Å²) in [5.41, 5.74) is 0. The first kappa shape index (κ1) is 70.6. The first-order valence-electron chi connectivity index (χ1n) is 0. The van der Waals surface area contributed by atoms with Crippen LogP contribution in [0.2, 0.25) is 0 Å². The van der Waals surface area contributed by atoms with Crippen LogP contribution in [0.25, 0.3) is 0 Å². The van der Waals surface area contributed by atoms with Gasteiger partial charge in [-0.2, -0.15) is 0 Å². The van der Waals surface area contributed by atoms with E-state index >= 15 is 0 Å². The molecule has 0 heterocycles. The Hall–Kier alpha value is 7.48. The number of hydrogen-bond donors (Lipinski definition) is 0. The minimum atomic E-state index is 0. The van der Waals surface area contributed by atoms with Crippen LogP contribution < -0.4 is 0 Å². The van der Waals surface area contributed by atoms with Crippen molar-refractivity contribution in [3.63, 3.8) is 0 Å². The van der Waals surface area contributed by atoms with E-state index in [9.17, 15) is 0 Å². The van der Waals surface area contributed by atoms with Gasteiger partial charge < -0.3 is 0 Å². The van der Waals surface area contributed by atoms with Gasteiger partial charge in [-0.25, -0.2) is 0 Å². The molecule has 0 aliphatic rings. The molecule has 0 fully saturated rings. The predicted molar refractivity (Wildman–Crippen MR) is 130 cm³/mol. The molecular weight excluding hydrogens is 1050 g/mol. The summed E-state index contributed by atoms with van der Waals surface area (Å²) in [6.45, 7) is 0. The molecule has 0 saturated carbocycles. The molecule has 9 heteroatoms. The standard InChI is InChI=1S/8HI.K.H/h8*1H;;. The van der Waals surface area contributed by atoms with Gasteiger partial charge in [0.2, 0.25) is 0 Å².